The van der Waals surface area contributed by atoms with E-state index < -0.39 is 0 Å². The fraction of sp³-hybridized carbons (Fsp3) is 0.708. The maximum atomic E-state index is 12.4. The molecule has 1 heterocycles. The predicted molar refractivity (Wildman–Crippen MR) is 112 cm³/mol. The maximum absolute atomic E-state index is 12.4. The zero-order valence-corrected chi connectivity index (χ0v) is 18.5. The number of hydrogen-bond acceptors (Lipinski definition) is 6. The molecule has 1 saturated carbocycles. The van der Waals surface area contributed by atoms with Gasteiger partial charge in [-0.1, -0.05) is 19.4 Å². The molecule has 6 nitrogen and oxygen atoms in total. The van der Waals surface area contributed by atoms with Crippen LogP contribution >= 0.6 is 0 Å². The van der Waals surface area contributed by atoms with Crippen molar-refractivity contribution in [1.29, 1.82) is 0 Å². The maximum Gasteiger partial charge on any atom is 0.305 e. The Morgan fingerprint density at radius 1 is 1.23 bits per heavy atom. The highest BCUT2D eigenvalue weighted by atomic mass is 16.6. The van der Waals surface area contributed by atoms with E-state index in [9.17, 15) is 14.4 Å². The van der Waals surface area contributed by atoms with E-state index in [1.165, 1.54) is 14.0 Å². The molecule has 0 radical (unpaired) electrons. The van der Waals surface area contributed by atoms with Crippen LogP contribution in [0.3, 0.4) is 0 Å². The minimum atomic E-state index is -0.310. The van der Waals surface area contributed by atoms with E-state index in [1.54, 1.807) is 13.0 Å². The van der Waals surface area contributed by atoms with Gasteiger partial charge in [-0.15, -0.1) is 11.8 Å². The highest BCUT2D eigenvalue weighted by Crippen LogP contribution is 2.46. The van der Waals surface area contributed by atoms with Gasteiger partial charge in [-0.3, -0.25) is 14.4 Å². The van der Waals surface area contributed by atoms with E-state index in [0.717, 1.165) is 25.7 Å². The first kappa shape index (κ1) is 24.1. The number of methoxy groups -OCH3 is 1. The summed E-state index contributed by atoms with van der Waals surface area (Å²) in [6.07, 6.45) is 8.56. The van der Waals surface area contributed by atoms with Gasteiger partial charge in [-0.25, -0.2) is 0 Å². The van der Waals surface area contributed by atoms with Gasteiger partial charge < -0.3 is 14.2 Å². The average molecular weight is 419 g/mol. The summed E-state index contributed by atoms with van der Waals surface area (Å²) >= 11 is 0. The van der Waals surface area contributed by atoms with Crippen LogP contribution in [0.4, 0.5) is 0 Å². The fourth-order valence-corrected chi connectivity index (χ4v) is 4.42. The number of ether oxygens (including phenoxy) is 3. The number of ketones is 1. The first-order chi connectivity index (χ1) is 14.3. The third-order valence-electron chi connectivity index (χ3n) is 6.02. The number of carbonyl (C=O) groups is 3. The third-order valence-corrected chi connectivity index (χ3v) is 6.02. The largest absolute Gasteiger partial charge is 0.469 e. The monoisotopic (exact) mass is 418 g/mol. The molecule has 1 aliphatic carbocycles. The SMILES string of the molecule is CC#CCC(C)C(=O)/C=C/[C@@H]1[C@H]2C[C@@H](CCCCC(=O)OC)O[C@H]2C[C@H]1OC(C)=O. The van der Waals surface area contributed by atoms with Crippen LogP contribution in [-0.2, 0) is 28.6 Å². The molecule has 0 aromatic heterocycles. The van der Waals surface area contributed by atoms with Crippen molar-refractivity contribution in [3.8, 4) is 11.8 Å². The molecule has 1 saturated heterocycles. The van der Waals surface area contributed by atoms with Crippen LogP contribution in [0.5, 0.6) is 0 Å². The lowest BCUT2D eigenvalue weighted by Crippen LogP contribution is -2.24. The zero-order valence-electron chi connectivity index (χ0n) is 18.5. The second kappa shape index (κ2) is 11.9. The topological polar surface area (TPSA) is 78.9 Å². The molecule has 0 amide bonds. The Kier molecular flexibility index (Phi) is 9.58. The van der Waals surface area contributed by atoms with Crippen molar-refractivity contribution in [3.05, 3.63) is 12.2 Å². The lowest BCUT2D eigenvalue weighted by atomic mass is 9.88. The normalized spacial score (nSPS) is 28.5. The smallest absolute Gasteiger partial charge is 0.305 e. The van der Waals surface area contributed by atoms with E-state index in [2.05, 4.69) is 16.6 Å². The van der Waals surface area contributed by atoms with Gasteiger partial charge in [-0.05, 0) is 38.2 Å². The highest BCUT2D eigenvalue weighted by molar-refractivity contribution is 5.91. The summed E-state index contributed by atoms with van der Waals surface area (Å²) in [6.45, 7) is 5.05. The lowest BCUT2D eigenvalue weighted by Gasteiger charge is -2.21. The van der Waals surface area contributed by atoms with E-state index in [4.69, 9.17) is 9.47 Å². The van der Waals surface area contributed by atoms with E-state index in [1.807, 2.05) is 13.0 Å². The molecule has 6 atom stereocenters. The van der Waals surface area contributed by atoms with Crippen LogP contribution in [0.1, 0.15) is 65.7 Å². The molecule has 0 N–H and O–H groups in total. The minimum Gasteiger partial charge on any atom is -0.469 e. The fourth-order valence-electron chi connectivity index (χ4n) is 4.42. The van der Waals surface area contributed by atoms with Crippen LogP contribution in [0.15, 0.2) is 12.2 Å². The number of carbonyl (C=O) groups excluding carboxylic acids is 3. The molecule has 0 aromatic rings. The molecule has 6 heteroatoms. The van der Waals surface area contributed by atoms with Crippen molar-refractivity contribution in [1.82, 2.24) is 0 Å². The summed E-state index contributed by atoms with van der Waals surface area (Å²) in [5, 5.41) is 0. The summed E-state index contributed by atoms with van der Waals surface area (Å²) in [7, 11) is 1.40. The Morgan fingerprint density at radius 2 is 2.00 bits per heavy atom. The van der Waals surface area contributed by atoms with E-state index in [-0.39, 0.29) is 53.8 Å². The van der Waals surface area contributed by atoms with Crippen molar-refractivity contribution in [3.63, 3.8) is 0 Å². The Hall–Kier alpha value is -2.13. The van der Waals surface area contributed by atoms with Gasteiger partial charge in [0.05, 0.1) is 19.3 Å². The molecule has 2 rings (SSSR count). The molecule has 30 heavy (non-hydrogen) atoms. The summed E-state index contributed by atoms with van der Waals surface area (Å²) in [5.41, 5.74) is 0. The second-order valence-corrected chi connectivity index (χ2v) is 8.27. The first-order valence-electron chi connectivity index (χ1n) is 10.9. The number of fused-ring (bicyclic) bond motifs is 1. The number of allylic oxidation sites excluding steroid dienone is 1. The van der Waals surface area contributed by atoms with Crippen LogP contribution < -0.4 is 0 Å². The van der Waals surface area contributed by atoms with Crippen molar-refractivity contribution >= 4 is 17.7 Å². The summed E-state index contributed by atoms with van der Waals surface area (Å²) in [4.78, 5) is 35.2. The summed E-state index contributed by atoms with van der Waals surface area (Å²) in [5.74, 6) is 5.37. The van der Waals surface area contributed by atoms with Gasteiger partial charge in [-0.2, -0.15) is 0 Å². The zero-order chi connectivity index (χ0) is 22.1. The molecular weight excluding hydrogens is 384 g/mol. The quantitative estimate of drug-likeness (QED) is 0.233. The molecule has 1 unspecified atom stereocenters. The Bertz CT molecular complexity index is 700. The van der Waals surface area contributed by atoms with E-state index >= 15 is 0 Å². The molecule has 0 aromatic carbocycles. The summed E-state index contributed by atoms with van der Waals surface area (Å²) < 4.78 is 16.4. The van der Waals surface area contributed by atoms with Crippen molar-refractivity contribution in [2.24, 2.45) is 17.8 Å². The van der Waals surface area contributed by atoms with Crippen molar-refractivity contribution in [2.75, 3.05) is 7.11 Å². The first-order valence-corrected chi connectivity index (χ1v) is 10.9. The number of rotatable bonds is 10. The average Bonchev–Trinajstić information content (AvgIpc) is 3.23. The molecule has 0 bridgehead atoms. The molecule has 2 fully saturated rings. The van der Waals surface area contributed by atoms with Crippen molar-refractivity contribution < 1.29 is 28.6 Å². The Labute approximate surface area is 179 Å². The predicted octanol–water partition coefficient (Wildman–Crippen LogP) is 3.62. The Balaban J connectivity index is 1.95. The molecule has 0 spiro atoms. The van der Waals surface area contributed by atoms with Gasteiger partial charge in [0.25, 0.3) is 0 Å². The number of unbranched alkanes of at least 4 members (excludes halogenated alkanes) is 1. The third kappa shape index (κ3) is 6.98. The highest BCUT2D eigenvalue weighted by Gasteiger charge is 2.49. The minimum absolute atomic E-state index is 0.0209. The van der Waals surface area contributed by atoms with Gasteiger partial charge >= 0.3 is 11.9 Å². The number of esters is 2. The van der Waals surface area contributed by atoms with Crippen LogP contribution in [0.25, 0.3) is 0 Å². The summed E-state index contributed by atoms with van der Waals surface area (Å²) in [6, 6.07) is 0. The van der Waals surface area contributed by atoms with Gasteiger partial charge in [0, 0.05) is 38.0 Å². The standard InChI is InChI=1S/C24H34O6/c1-5-6-9-16(2)21(26)13-12-19-20-14-18(10-7-8-11-24(27)28-4)30-23(20)15-22(19)29-17(3)25/h12-13,16,18-20,22-23H,7-11,14-15H2,1-4H3/b13-12+/t16?,18-,19-,20-,22-,23+/m1/s1. The number of hydrogen-bond donors (Lipinski definition) is 0. The lowest BCUT2D eigenvalue weighted by molar-refractivity contribution is -0.148. The molecular formula is C24H34O6. The Morgan fingerprint density at radius 3 is 2.67 bits per heavy atom. The van der Waals surface area contributed by atoms with E-state index in [0.29, 0.717) is 19.3 Å². The van der Waals surface area contributed by atoms with Gasteiger partial charge in [0.15, 0.2) is 5.78 Å². The van der Waals surface area contributed by atoms with Crippen LogP contribution in [-0.4, -0.2) is 43.1 Å². The van der Waals surface area contributed by atoms with Crippen LogP contribution in [0, 0.1) is 29.6 Å². The van der Waals surface area contributed by atoms with Gasteiger partial charge in [0.2, 0.25) is 0 Å². The van der Waals surface area contributed by atoms with Crippen LogP contribution in [0.2, 0.25) is 0 Å². The molecule has 166 valence electrons. The second-order valence-electron chi connectivity index (χ2n) is 8.27. The van der Waals surface area contributed by atoms with Gasteiger partial charge in [0.1, 0.15) is 6.10 Å². The molecule has 2 aliphatic rings. The van der Waals surface area contributed by atoms with Crippen molar-refractivity contribution in [2.45, 2.75) is 84.0 Å². The molecule has 1 aliphatic heterocycles.